The molecule has 1 aliphatic rings. The molecule has 3 rings (SSSR count). The van der Waals surface area contributed by atoms with Crippen LogP contribution in [0.15, 0.2) is 36.5 Å². The summed E-state index contributed by atoms with van der Waals surface area (Å²) in [4.78, 5) is 10.9. The normalized spacial score (nSPS) is 19.2. The Labute approximate surface area is 168 Å². The number of nitrogens with zero attached hydrogens (tertiary/aromatic N) is 3. The Balaban J connectivity index is 1.36. The first-order valence-electron chi connectivity index (χ1n) is 10.2. The molecule has 6 heteroatoms. The first-order valence-corrected chi connectivity index (χ1v) is 10.2. The largest absolute Gasteiger partial charge is 0.496 e. The molecule has 1 fully saturated rings. The Kier molecular flexibility index (Phi) is 7.48. The van der Waals surface area contributed by atoms with Crippen molar-refractivity contribution in [2.45, 2.75) is 38.1 Å². The van der Waals surface area contributed by atoms with Crippen molar-refractivity contribution < 1.29 is 4.74 Å². The van der Waals surface area contributed by atoms with Crippen molar-refractivity contribution in [2.24, 2.45) is 5.92 Å². The van der Waals surface area contributed by atoms with Gasteiger partial charge in [-0.1, -0.05) is 18.2 Å². The second-order valence-corrected chi connectivity index (χ2v) is 7.76. The fourth-order valence-corrected chi connectivity index (χ4v) is 3.80. The van der Waals surface area contributed by atoms with Crippen LogP contribution in [0.4, 0.5) is 11.8 Å². The van der Waals surface area contributed by atoms with Crippen molar-refractivity contribution in [1.82, 2.24) is 15.3 Å². The van der Waals surface area contributed by atoms with Crippen molar-refractivity contribution in [3.05, 3.63) is 42.1 Å². The summed E-state index contributed by atoms with van der Waals surface area (Å²) in [6, 6.07) is 10.7. The first-order chi connectivity index (χ1) is 13.7. The zero-order valence-corrected chi connectivity index (χ0v) is 17.3. The zero-order valence-electron chi connectivity index (χ0n) is 17.3. The van der Waals surface area contributed by atoms with Gasteiger partial charge in [0.2, 0.25) is 5.95 Å². The molecule has 0 amide bonds. The van der Waals surface area contributed by atoms with Gasteiger partial charge in [-0.05, 0) is 68.8 Å². The summed E-state index contributed by atoms with van der Waals surface area (Å²) in [6.45, 7) is 2.08. The molecule has 0 atom stereocenters. The van der Waals surface area contributed by atoms with Gasteiger partial charge >= 0.3 is 0 Å². The van der Waals surface area contributed by atoms with Gasteiger partial charge in [-0.3, -0.25) is 0 Å². The van der Waals surface area contributed by atoms with E-state index in [-0.39, 0.29) is 0 Å². The second kappa shape index (κ2) is 10.3. The van der Waals surface area contributed by atoms with Crippen molar-refractivity contribution in [1.29, 1.82) is 0 Å². The van der Waals surface area contributed by atoms with Gasteiger partial charge in [-0.25, -0.2) is 4.98 Å². The smallest absolute Gasteiger partial charge is 0.224 e. The molecule has 1 saturated carbocycles. The van der Waals surface area contributed by atoms with Crippen LogP contribution >= 0.6 is 0 Å². The molecular formula is C22H33N5O. The molecule has 1 aliphatic carbocycles. The van der Waals surface area contributed by atoms with Crippen LogP contribution in [0.25, 0.3) is 0 Å². The molecule has 0 unspecified atom stereocenters. The van der Waals surface area contributed by atoms with E-state index in [1.54, 1.807) is 7.11 Å². The summed E-state index contributed by atoms with van der Waals surface area (Å²) in [5.41, 5.74) is 1.27. The van der Waals surface area contributed by atoms with Gasteiger partial charge in [0.05, 0.1) is 7.11 Å². The summed E-state index contributed by atoms with van der Waals surface area (Å²) >= 11 is 0. The van der Waals surface area contributed by atoms with Crippen molar-refractivity contribution in [3.63, 3.8) is 0 Å². The summed E-state index contributed by atoms with van der Waals surface area (Å²) in [5.74, 6) is 3.41. The highest BCUT2D eigenvalue weighted by atomic mass is 16.5. The van der Waals surface area contributed by atoms with E-state index >= 15 is 0 Å². The SMILES string of the molecule is COc1ccccc1CCNC[C@H]1CC[C@@H](Nc2nccc(N(C)C)n2)CC1. The molecular weight excluding hydrogens is 350 g/mol. The van der Waals surface area contributed by atoms with Crippen LogP contribution < -0.4 is 20.3 Å². The molecule has 28 heavy (non-hydrogen) atoms. The van der Waals surface area contributed by atoms with Gasteiger partial charge in [0.1, 0.15) is 11.6 Å². The summed E-state index contributed by atoms with van der Waals surface area (Å²) in [7, 11) is 5.73. The predicted molar refractivity (Wildman–Crippen MR) is 115 cm³/mol. The van der Waals surface area contributed by atoms with Gasteiger partial charge in [0.15, 0.2) is 0 Å². The third-order valence-corrected chi connectivity index (χ3v) is 5.48. The average Bonchev–Trinajstić information content (AvgIpc) is 2.73. The lowest BCUT2D eigenvalue weighted by Crippen LogP contribution is -2.32. The third-order valence-electron chi connectivity index (χ3n) is 5.48. The van der Waals surface area contributed by atoms with Crippen molar-refractivity contribution in [2.75, 3.05) is 44.5 Å². The number of benzene rings is 1. The lowest BCUT2D eigenvalue weighted by molar-refractivity contribution is 0.324. The number of ether oxygens (including phenoxy) is 1. The molecule has 1 aromatic heterocycles. The lowest BCUT2D eigenvalue weighted by atomic mass is 9.86. The summed E-state index contributed by atoms with van der Waals surface area (Å²) in [5, 5.41) is 7.15. The Morgan fingerprint density at radius 1 is 1.11 bits per heavy atom. The predicted octanol–water partition coefficient (Wildman–Crippen LogP) is 3.35. The minimum absolute atomic E-state index is 0.474. The first kappa shape index (κ1) is 20.4. The van der Waals surface area contributed by atoms with E-state index in [4.69, 9.17) is 4.74 Å². The minimum atomic E-state index is 0.474. The van der Waals surface area contributed by atoms with Gasteiger partial charge in [0, 0.05) is 26.3 Å². The number of hydrogen-bond acceptors (Lipinski definition) is 6. The van der Waals surface area contributed by atoms with Gasteiger partial charge in [-0.15, -0.1) is 0 Å². The third kappa shape index (κ3) is 5.83. The molecule has 6 nitrogen and oxygen atoms in total. The fourth-order valence-electron chi connectivity index (χ4n) is 3.80. The highest BCUT2D eigenvalue weighted by molar-refractivity contribution is 5.41. The van der Waals surface area contributed by atoms with Crippen LogP contribution in [0.3, 0.4) is 0 Å². The number of para-hydroxylation sites is 1. The van der Waals surface area contributed by atoms with Crippen LogP contribution in [0, 0.1) is 5.92 Å². The van der Waals surface area contributed by atoms with Crippen LogP contribution in [0.5, 0.6) is 5.75 Å². The number of hydrogen-bond donors (Lipinski definition) is 2. The van der Waals surface area contributed by atoms with Gasteiger partial charge in [-0.2, -0.15) is 4.98 Å². The molecule has 152 valence electrons. The van der Waals surface area contributed by atoms with E-state index in [0.717, 1.165) is 42.9 Å². The highest BCUT2D eigenvalue weighted by Gasteiger charge is 2.21. The van der Waals surface area contributed by atoms with E-state index in [1.807, 2.05) is 43.4 Å². The molecule has 0 bridgehead atoms. The summed E-state index contributed by atoms with van der Waals surface area (Å²) < 4.78 is 5.43. The molecule has 2 N–H and O–H groups in total. The van der Waals surface area contributed by atoms with E-state index in [2.05, 4.69) is 32.7 Å². The van der Waals surface area contributed by atoms with Gasteiger partial charge in [0.25, 0.3) is 0 Å². The standard InChI is InChI=1S/C22H33N5O/c1-27(2)21-13-15-24-22(26-21)25-19-10-8-17(9-11-19)16-23-14-12-18-6-4-5-7-20(18)28-3/h4-7,13,15,17,19,23H,8-12,14,16H2,1-3H3,(H,24,25,26)/t17-,19+. The Hall–Kier alpha value is -2.34. The molecule has 1 heterocycles. The number of aromatic nitrogens is 2. The molecule has 0 aliphatic heterocycles. The summed E-state index contributed by atoms with van der Waals surface area (Å²) in [6.07, 6.45) is 7.66. The fraction of sp³-hybridized carbons (Fsp3) is 0.545. The monoisotopic (exact) mass is 383 g/mol. The lowest BCUT2D eigenvalue weighted by Gasteiger charge is -2.29. The van der Waals surface area contributed by atoms with Gasteiger partial charge < -0.3 is 20.3 Å². The number of methoxy groups -OCH3 is 1. The van der Waals surface area contributed by atoms with Crippen LogP contribution in [0.2, 0.25) is 0 Å². The van der Waals surface area contributed by atoms with E-state index in [9.17, 15) is 0 Å². The highest BCUT2D eigenvalue weighted by Crippen LogP contribution is 2.26. The van der Waals surface area contributed by atoms with Crippen molar-refractivity contribution >= 4 is 11.8 Å². The number of anilines is 2. The quantitative estimate of drug-likeness (QED) is 0.648. The Morgan fingerprint density at radius 2 is 1.89 bits per heavy atom. The maximum atomic E-state index is 5.43. The molecule has 0 radical (unpaired) electrons. The minimum Gasteiger partial charge on any atom is -0.496 e. The Bertz CT molecular complexity index is 728. The molecule has 1 aromatic carbocycles. The maximum Gasteiger partial charge on any atom is 0.224 e. The average molecular weight is 384 g/mol. The maximum absolute atomic E-state index is 5.43. The van der Waals surface area contributed by atoms with E-state index in [1.165, 1.54) is 31.2 Å². The number of rotatable bonds is 9. The second-order valence-electron chi connectivity index (χ2n) is 7.76. The van der Waals surface area contributed by atoms with E-state index < -0.39 is 0 Å². The zero-order chi connectivity index (χ0) is 19.8. The van der Waals surface area contributed by atoms with Crippen molar-refractivity contribution in [3.8, 4) is 5.75 Å². The molecule has 2 aromatic rings. The number of nitrogens with one attached hydrogen (secondary N) is 2. The molecule has 0 saturated heterocycles. The van der Waals surface area contributed by atoms with Crippen LogP contribution in [-0.4, -0.2) is 50.3 Å². The van der Waals surface area contributed by atoms with E-state index in [0.29, 0.717) is 6.04 Å². The topological polar surface area (TPSA) is 62.3 Å². The Morgan fingerprint density at radius 3 is 2.64 bits per heavy atom. The van der Waals surface area contributed by atoms with Crippen LogP contribution in [0.1, 0.15) is 31.2 Å². The molecule has 0 spiro atoms. The van der Waals surface area contributed by atoms with Crippen LogP contribution in [-0.2, 0) is 6.42 Å².